The molecule has 1 saturated heterocycles. The number of allylic oxidation sites excluding steroid dienone is 1. The van der Waals surface area contributed by atoms with Crippen LogP contribution in [0.3, 0.4) is 0 Å². The molecule has 2 atom stereocenters. The van der Waals surface area contributed by atoms with Crippen molar-refractivity contribution in [3.8, 4) is 0 Å². The number of pyridine rings is 1. The molecule has 1 aromatic heterocycles. The highest BCUT2D eigenvalue weighted by atomic mass is 16.4. The summed E-state index contributed by atoms with van der Waals surface area (Å²) in [6.07, 6.45) is 8.00. The van der Waals surface area contributed by atoms with Crippen molar-refractivity contribution in [2.45, 2.75) is 37.9 Å². The second-order valence-corrected chi connectivity index (χ2v) is 5.92. The van der Waals surface area contributed by atoms with Crippen LogP contribution in [0.2, 0.25) is 6.32 Å². The lowest BCUT2D eigenvalue weighted by molar-refractivity contribution is -0.138. The molecular formula is C15H19BN2O2. The van der Waals surface area contributed by atoms with Crippen molar-refractivity contribution in [1.29, 1.82) is 0 Å². The summed E-state index contributed by atoms with van der Waals surface area (Å²) >= 11 is 0. The monoisotopic (exact) mass is 270 g/mol. The summed E-state index contributed by atoms with van der Waals surface area (Å²) in [6.45, 7) is 0.500. The molecule has 0 amide bonds. The van der Waals surface area contributed by atoms with Crippen LogP contribution < -0.4 is 5.32 Å². The topological polar surface area (TPSA) is 62.2 Å². The van der Waals surface area contributed by atoms with Crippen LogP contribution in [-0.2, 0) is 11.2 Å². The number of nitrogens with one attached hydrogen (secondary N) is 1. The fraction of sp³-hybridized carbons (Fsp3) is 0.467. The lowest BCUT2D eigenvalue weighted by atomic mass is 9.38. The van der Waals surface area contributed by atoms with Crippen LogP contribution in [0.25, 0.3) is 0 Å². The molecule has 3 heterocycles. The Hall–Kier alpha value is -1.78. The van der Waals surface area contributed by atoms with Gasteiger partial charge in [-0.3, -0.25) is 9.78 Å². The van der Waals surface area contributed by atoms with Crippen LogP contribution in [0, 0.1) is 5.92 Å². The number of carboxylic acids is 1. The summed E-state index contributed by atoms with van der Waals surface area (Å²) in [7, 11) is 0. The van der Waals surface area contributed by atoms with Crippen molar-refractivity contribution in [3.63, 3.8) is 0 Å². The molecule has 0 radical (unpaired) electrons. The minimum absolute atomic E-state index is 0.314. The van der Waals surface area contributed by atoms with Crippen LogP contribution in [0.5, 0.6) is 0 Å². The molecule has 1 fully saturated rings. The Bertz CT molecular complexity index is 518. The van der Waals surface area contributed by atoms with E-state index >= 15 is 0 Å². The van der Waals surface area contributed by atoms with Crippen LogP contribution in [0.1, 0.15) is 24.8 Å². The molecule has 2 aliphatic heterocycles. The zero-order valence-electron chi connectivity index (χ0n) is 11.5. The number of carboxylic acid groups (broad SMARTS) is 1. The Balaban J connectivity index is 1.62. The largest absolute Gasteiger partial charge is 0.481 e. The van der Waals surface area contributed by atoms with Crippen LogP contribution in [0.15, 0.2) is 36.2 Å². The Labute approximate surface area is 119 Å². The van der Waals surface area contributed by atoms with Gasteiger partial charge in [-0.1, -0.05) is 18.4 Å². The van der Waals surface area contributed by atoms with Gasteiger partial charge in [0.1, 0.15) is 0 Å². The molecule has 0 aromatic carbocycles. The normalized spacial score (nSPS) is 24.8. The van der Waals surface area contributed by atoms with E-state index in [1.165, 1.54) is 11.3 Å². The van der Waals surface area contributed by atoms with Crippen molar-refractivity contribution in [2.75, 3.05) is 0 Å². The smallest absolute Gasteiger partial charge is 0.303 e. The van der Waals surface area contributed by atoms with Crippen molar-refractivity contribution in [1.82, 2.24) is 10.3 Å². The van der Waals surface area contributed by atoms with Crippen molar-refractivity contribution in [3.05, 3.63) is 41.8 Å². The van der Waals surface area contributed by atoms with E-state index in [2.05, 4.69) is 22.3 Å². The molecule has 0 aliphatic carbocycles. The Kier molecular flexibility index (Phi) is 3.76. The van der Waals surface area contributed by atoms with Crippen molar-refractivity contribution >= 4 is 12.7 Å². The second kappa shape index (κ2) is 5.69. The third-order valence-electron chi connectivity index (χ3n) is 4.37. The fourth-order valence-electron chi connectivity index (χ4n) is 3.47. The quantitative estimate of drug-likeness (QED) is 0.821. The van der Waals surface area contributed by atoms with Gasteiger partial charge in [0.15, 0.2) is 6.71 Å². The van der Waals surface area contributed by atoms with Crippen LogP contribution in [-0.4, -0.2) is 28.7 Å². The van der Waals surface area contributed by atoms with Gasteiger partial charge in [0.25, 0.3) is 0 Å². The summed E-state index contributed by atoms with van der Waals surface area (Å²) in [4.78, 5) is 15.0. The average molecular weight is 270 g/mol. The van der Waals surface area contributed by atoms with E-state index in [4.69, 9.17) is 5.11 Å². The lowest BCUT2D eigenvalue weighted by Crippen LogP contribution is -2.41. The van der Waals surface area contributed by atoms with E-state index in [1.54, 1.807) is 6.20 Å². The molecule has 5 heteroatoms. The van der Waals surface area contributed by atoms with Gasteiger partial charge in [0.2, 0.25) is 0 Å². The van der Waals surface area contributed by atoms with Gasteiger partial charge in [-0.2, -0.15) is 0 Å². The van der Waals surface area contributed by atoms with Gasteiger partial charge >= 0.3 is 5.97 Å². The van der Waals surface area contributed by atoms with E-state index in [1.807, 2.05) is 12.3 Å². The third kappa shape index (κ3) is 3.03. The second-order valence-electron chi connectivity index (χ2n) is 5.92. The maximum Gasteiger partial charge on any atom is 0.303 e. The molecule has 4 nitrogen and oxygen atoms in total. The average Bonchev–Trinajstić information content (AvgIpc) is 2.80. The zero-order chi connectivity index (χ0) is 13.9. The molecule has 0 bridgehead atoms. The van der Waals surface area contributed by atoms with Crippen molar-refractivity contribution in [2.24, 2.45) is 5.92 Å². The number of hydrogen-bond acceptors (Lipinski definition) is 3. The lowest BCUT2D eigenvalue weighted by Gasteiger charge is -2.29. The predicted molar refractivity (Wildman–Crippen MR) is 78.5 cm³/mol. The minimum Gasteiger partial charge on any atom is -0.481 e. The molecule has 0 saturated carbocycles. The number of fused-ring (bicyclic) bond motifs is 1. The summed E-state index contributed by atoms with van der Waals surface area (Å²) < 4.78 is 0. The Morgan fingerprint density at radius 3 is 3.15 bits per heavy atom. The molecule has 1 aromatic rings. The summed E-state index contributed by atoms with van der Waals surface area (Å²) in [5.41, 5.74) is 2.48. The summed E-state index contributed by atoms with van der Waals surface area (Å²) in [5.74, 6) is 2.49. The van der Waals surface area contributed by atoms with Gasteiger partial charge in [-0.05, 0) is 30.4 Å². The highest BCUT2D eigenvalue weighted by molar-refractivity contribution is 6.67. The number of rotatable bonds is 4. The van der Waals surface area contributed by atoms with Crippen LogP contribution in [0.4, 0.5) is 0 Å². The van der Waals surface area contributed by atoms with E-state index in [9.17, 15) is 4.79 Å². The SMILES string of the molecule is O=C(O)CC1CCC2NC(Cc3cccnc3)=CB2C1. The number of nitrogens with zero attached hydrogens (tertiary/aromatic N) is 1. The first kappa shape index (κ1) is 13.2. The molecule has 2 N–H and O–H groups in total. The molecule has 0 spiro atoms. The standard InChI is InChI=1S/C15H19BN2O2/c19-15(20)7-11-3-4-14-16(8-11)9-13(18-14)6-12-2-1-5-17-10-12/h1-2,5,9-11,14,18H,3-4,6-8H2,(H,19,20). The predicted octanol–water partition coefficient (Wildman–Crippen LogP) is 1.94. The number of aromatic nitrogens is 1. The molecular weight excluding hydrogens is 251 g/mol. The number of aliphatic carboxylic acids is 1. The Morgan fingerprint density at radius 1 is 1.50 bits per heavy atom. The highest BCUT2D eigenvalue weighted by Gasteiger charge is 2.36. The van der Waals surface area contributed by atoms with Gasteiger partial charge in [-0.25, -0.2) is 0 Å². The maximum absolute atomic E-state index is 10.8. The Morgan fingerprint density at radius 2 is 2.40 bits per heavy atom. The summed E-state index contributed by atoms with van der Waals surface area (Å²) in [6, 6.07) is 4.05. The zero-order valence-corrected chi connectivity index (χ0v) is 11.5. The first-order valence-corrected chi connectivity index (χ1v) is 7.28. The van der Waals surface area contributed by atoms with Crippen LogP contribution >= 0.6 is 0 Å². The van der Waals surface area contributed by atoms with Gasteiger partial charge in [0, 0.05) is 36.9 Å². The third-order valence-corrected chi connectivity index (χ3v) is 4.37. The van der Waals surface area contributed by atoms with E-state index in [0.717, 1.165) is 25.6 Å². The first-order valence-electron chi connectivity index (χ1n) is 7.28. The summed E-state index contributed by atoms with van der Waals surface area (Å²) in [5, 5.41) is 12.5. The first-order chi connectivity index (χ1) is 9.70. The van der Waals surface area contributed by atoms with E-state index < -0.39 is 5.97 Å². The molecule has 104 valence electrons. The number of carbonyl (C=O) groups is 1. The van der Waals surface area contributed by atoms with E-state index in [0.29, 0.717) is 25.0 Å². The maximum atomic E-state index is 10.8. The van der Waals surface area contributed by atoms with Crippen molar-refractivity contribution < 1.29 is 9.90 Å². The van der Waals surface area contributed by atoms with Gasteiger partial charge in [-0.15, -0.1) is 0 Å². The highest BCUT2D eigenvalue weighted by Crippen LogP contribution is 2.32. The fourth-order valence-corrected chi connectivity index (χ4v) is 3.47. The van der Waals surface area contributed by atoms with E-state index in [-0.39, 0.29) is 0 Å². The number of hydrogen-bond donors (Lipinski definition) is 2. The molecule has 2 aliphatic rings. The molecule has 20 heavy (non-hydrogen) atoms. The van der Waals surface area contributed by atoms with Gasteiger partial charge in [0.05, 0.1) is 0 Å². The molecule has 2 unspecified atom stereocenters. The minimum atomic E-state index is -0.668. The molecule has 3 rings (SSSR count). The van der Waals surface area contributed by atoms with Gasteiger partial charge < -0.3 is 10.4 Å².